The number of ether oxygens (including phenoxy) is 1. The third-order valence-corrected chi connectivity index (χ3v) is 3.07. The van der Waals surface area contributed by atoms with Gasteiger partial charge in [0.2, 0.25) is 5.89 Å². The first-order valence-electron chi connectivity index (χ1n) is 5.30. The van der Waals surface area contributed by atoms with E-state index < -0.39 is 11.2 Å². The maximum absolute atomic E-state index is 11.6. The highest BCUT2D eigenvalue weighted by Gasteiger charge is 2.16. The van der Waals surface area contributed by atoms with Crippen molar-refractivity contribution in [3.8, 4) is 17.2 Å². The van der Waals surface area contributed by atoms with Gasteiger partial charge in [-0.05, 0) is 18.2 Å². The van der Waals surface area contributed by atoms with Crippen LogP contribution in [0.4, 0.5) is 0 Å². The van der Waals surface area contributed by atoms with Gasteiger partial charge < -0.3 is 9.15 Å². The van der Waals surface area contributed by atoms with Gasteiger partial charge in [0.15, 0.2) is 5.58 Å². The number of benzene rings is 1. The molecule has 3 rings (SSSR count). The number of halogens is 1. The molecule has 0 atom stereocenters. The largest absolute Gasteiger partial charge is 0.495 e. The zero-order chi connectivity index (χ0) is 13.6. The monoisotopic (exact) mass is 278 g/mol. The van der Waals surface area contributed by atoms with E-state index in [1.165, 1.54) is 7.11 Å². The van der Waals surface area contributed by atoms with Gasteiger partial charge >= 0.3 is 5.69 Å². The topological polar surface area (TPSA) is 85.2 Å². The molecule has 0 aromatic heterocycles. The normalized spacial score (nSPS) is 11.1. The Kier molecular flexibility index (Phi) is 2.53. The second kappa shape index (κ2) is 4.10. The Balaban J connectivity index is 2.50. The number of methoxy groups -OCH3 is 1. The summed E-state index contributed by atoms with van der Waals surface area (Å²) in [6.45, 7) is 0. The van der Waals surface area contributed by atoms with Crippen LogP contribution in [0.2, 0.25) is 5.02 Å². The van der Waals surface area contributed by atoms with E-state index in [-0.39, 0.29) is 16.5 Å². The SMILES string of the molecule is COc1ccc2cc3c(=O)[nH]c(=O)nc-3oc2c1Cl. The number of aromatic nitrogens is 2. The van der Waals surface area contributed by atoms with Crippen LogP contribution in [0.25, 0.3) is 22.4 Å². The van der Waals surface area contributed by atoms with Gasteiger partial charge in [-0.2, -0.15) is 4.98 Å². The molecule has 2 aliphatic heterocycles. The molecule has 0 saturated carbocycles. The summed E-state index contributed by atoms with van der Waals surface area (Å²) in [5.41, 5.74) is -0.813. The molecule has 0 spiro atoms. The first-order chi connectivity index (χ1) is 9.10. The highest BCUT2D eigenvalue weighted by atomic mass is 35.5. The van der Waals surface area contributed by atoms with Gasteiger partial charge in [0.25, 0.3) is 5.56 Å². The van der Waals surface area contributed by atoms with Crippen LogP contribution < -0.4 is 16.0 Å². The summed E-state index contributed by atoms with van der Waals surface area (Å²) >= 11 is 6.11. The van der Waals surface area contributed by atoms with Crippen molar-refractivity contribution in [1.29, 1.82) is 0 Å². The number of hydrogen-bond acceptors (Lipinski definition) is 5. The third-order valence-electron chi connectivity index (χ3n) is 2.71. The molecule has 0 radical (unpaired) electrons. The zero-order valence-corrected chi connectivity index (χ0v) is 10.4. The molecule has 96 valence electrons. The second-order valence-corrected chi connectivity index (χ2v) is 4.21. The van der Waals surface area contributed by atoms with E-state index in [0.717, 1.165) is 0 Å². The summed E-state index contributed by atoms with van der Waals surface area (Å²) in [6.07, 6.45) is 0. The maximum atomic E-state index is 11.6. The van der Waals surface area contributed by atoms with Crippen LogP contribution in [0.5, 0.6) is 5.75 Å². The lowest BCUT2D eigenvalue weighted by Crippen LogP contribution is -2.24. The van der Waals surface area contributed by atoms with Crippen molar-refractivity contribution in [3.63, 3.8) is 0 Å². The number of fused-ring (bicyclic) bond motifs is 2. The maximum Gasteiger partial charge on any atom is 0.351 e. The first kappa shape index (κ1) is 11.7. The molecular weight excluding hydrogens is 272 g/mol. The second-order valence-electron chi connectivity index (χ2n) is 3.84. The van der Waals surface area contributed by atoms with Crippen LogP contribution >= 0.6 is 11.6 Å². The molecule has 2 heterocycles. The standard InChI is InChI=1S/C12H7ClN2O4/c1-18-7-3-2-5-4-6-10(16)14-12(17)15-11(6)19-9(5)8(7)13/h2-4H,1H3,(H,14,16,17). The first-order valence-corrected chi connectivity index (χ1v) is 5.68. The Labute approximate surface area is 110 Å². The molecule has 0 aliphatic carbocycles. The zero-order valence-electron chi connectivity index (χ0n) is 9.69. The molecule has 0 amide bonds. The lowest BCUT2D eigenvalue weighted by atomic mass is 10.1. The molecule has 1 N–H and O–H groups in total. The highest BCUT2D eigenvalue weighted by Crippen LogP contribution is 2.35. The highest BCUT2D eigenvalue weighted by molar-refractivity contribution is 6.36. The van der Waals surface area contributed by atoms with Crippen molar-refractivity contribution < 1.29 is 9.15 Å². The van der Waals surface area contributed by atoms with Gasteiger partial charge in [-0.15, -0.1) is 0 Å². The van der Waals surface area contributed by atoms with Crippen LogP contribution in [0.3, 0.4) is 0 Å². The molecule has 19 heavy (non-hydrogen) atoms. The molecular formula is C12H7ClN2O4. The van der Waals surface area contributed by atoms with Crippen molar-refractivity contribution in [2.45, 2.75) is 0 Å². The van der Waals surface area contributed by atoms with Crippen molar-refractivity contribution >= 4 is 22.6 Å². The lowest BCUT2D eigenvalue weighted by Gasteiger charge is -2.08. The number of H-pyrrole nitrogens is 1. The Morgan fingerprint density at radius 3 is 2.89 bits per heavy atom. The fraction of sp³-hybridized carbons (Fsp3) is 0.0833. The van der Waals surface area contributed by atoms with Crippen LogP contribution in [-0.4, -0.2) is 17.1 Å². The summed E-state index contributed by atoms with van der Waals surface area (Å²) in [4.78, 5) is 28.5. The lowest BCUT2D eigenvalue weighted by molar-refractivity contribution is 0.414. The van der Waals surface area contributed by atoms with Crippen molar-refractivity contribution in [3.05, 3.63) is 44.1 Å². The van der Waals surface area contributed by atoms with Gasteiger partial charge in [-0.3, -0.25) is 9.78 Å². The van der Waals surface area contributed by atoms with Gasteiger partial charge in [-0.25, -0.2) is 4.79 Å². The Bertz CT molecular complexity index is 868. The van der Waals surface area contributed by atoms with E-state index in [9.17, 15) is 9.59 Å². The Hall–Kier alpha value is -2.34. The van der Waals surface area contributed by atoms with Crippen LogP contribution in [0, 0.1) is 0 Å². The summed E-state index contributed by atoms with van der Waals surface area (Å²) < 4.78 is 10.5. The van der Waals surface area contributed by atoms with E-state index >= 15 is 0 Å². The molecule has 2 aliphatic rings. The minimum Gasteiger partial charge on any atom is -0.495 e. The van der Waals surface area contributed by atoms with E-state index in [2.05, 4.69) is 9.97 Å². The predicted molar refractivity (Wildman–Crippen MR) is 69.1 cm³/mol. The van der Waals surface area contributed by atoms with E-state index in [1.807, 2.05) is 0 Å². The van der Waals surface area contributed by atoms with E-state index in [0.29, 0.717) is 16.7 Å². The van der Waals surface area contributed by atoms with Crippen LogP contribution in [-0.2, 0) is 0 Å². The average Bonchev–Trinajstić information content (AvgIpc) is 2.38. The molecule has 1 aromatic carbocycles. The third kappa shape index (κ3) is 1.77. The van der Waals surface area contributed by atoms with E-state index in [4.69, 9.17) is 20.8 Å². The average molecular weight is 279 g/mol. The number of nitrogens with one attached hydrogen (secondary N) is 1. The Morgan fingerprint density at radius 1 is 1.37 bits per heavy atom. The molecule has 0 unspecified atom stereocenters. The van der Waals surface area contributed by atoms with Crippen molar-refractivity contribution in [2.75, 3.05) is 7.11 Å². The summed E-state index contributed by atoms with van der Waals surface area (Å²) in [5, 5.41) is 0.876. The van der Waals surface area contributed by atoms with Crippen LogP contribution in [0.1, 0.15) is 0 Å². The predicted octanol–water partition coefficient (Wildman–Crippen LogP) is 1.64. The minimum absolute atomic E-state index is 0.0589. The fourth-order valence-electron chi connectivity index (χ4n) is 1.83. The molecule has 7 heteroatoms. The number of rotatable bonds is 1. The number of aromatic amines is 1. The van der Waals surface area contributed by atoms with Gasteiger partial charge in [0.05, 0.1) is 7.11 Å². The van der Waals surface area contributed by atoms with Gasteiger partial charge in [-0.1, -0.05) is 11.6 Å². The summed E-state index contributed by atoms with van der Waals surface area (Å²) in [6, 6.07) is 4.92. The molecule has 0 bridgehead atoms. The molecule has 1 aromatic rings. The molecule has 6 nitrogen and oxygen atoms in total. The number of hydrogen-bond donors (Lipinski definition) is 1. The smallest absolute Gasteiger partial charge is 0.351 e. The van der Waals surface area contributed by atoms with Gasteiger partial charge in [0.1, 0.15) is 16.3 Å². The van der Waals surface area contributed by atoms with Gasteiger partial charge in [0, 0.05) is 5.39 Å². The molecule has 0 saturated heterocycles. The summed E-state index contributed by atoms with van der Waals surface area (Å²) in [5.74, 6) is 0.376. The van der Waals surface area contributed by atoms with Crippen molar-refractivity contribution in [1.82, 2.24) is 9.97 Å². The number of nitrogens with zero attached hydrogens (tertiary/aromatic N) is 1. The quantitative estimate of drug-likeness (QED) is 0.684. The fourth-order valence-corrected chi connectivity index (χ4v) is 2.12. The molecule has 0 fully saturated rings. The minimum atomic E-state index is -0.764. The Morgan fingerprint density at radius 2 is 2.16 bits per heavy atom. The summed E-state index contributed by atoms with van der Waals surface area (Å²) in [7, 11) is 1.48. The van der Waals surface area contributed by atoms with Crippen LogP contribution in [0.15, 0.2) is 32.2 Å². The van der Waals surface area contributed by atoms with Crippen molar-refractivity contribution in [2.24, 2.45) is 0 Å². The van der Waals surface area contributed by atoms with E-state index in [1.54, 1.807) is 18.2 Å².